The van der Waals surface area contributed by atoms with Crippen molar-refractivity contribution in [3.05, 3.63) is 70.1 Å². The number of rotatable bonds is 5. The summed E-state index contributed by atoms with van der Waals surface area (Å²) in [6.07, 6.45) is -5.86. The van der Waals surface area contributed by atoms with Gasteiger partial charge in [-0.3, -0.25) is 4.79 Å². The maximum absolute atomic E-state index is 12.9. The van der Waals surface area contributed by atoms with Gasteiger partial charge in [-0.15, -0.1) is 22.7 Å². The summed E-state index contributed by atoms with van der Waals surface area (Å²) in [5.41, 5.74) is -0.338. The molecule has 1 amide bonds. The van der Waals surface area contributed by atoms with Gasteiger partial charge in [0.1, 0.15) is 9.88 Å². The first-order chi connectivity index (χ1) is 15.6. The highest BCUT2D eigenvalue weighted by molar-refractivity contribution is 7.26. The van der Waals surface area contributed by atoms with E-state index >= 15 is 0 Å². The largest absolute Gasteiger partial charge is 0.448 e. The van der Waals surface area contributed by atoms with Gasteiger partial charge < -0.3 is 10.1 Å². The third-order valence-corrected chi connectivity index (χ3v) is 7.12. The van der Waals surface area contributed by atoms with Crippen molar-refractivity contribution in [3.63, 3.8) is 0 Å². The second-order valence-corrected chi connectivity index (χ2v) is 9.40. The standard InChI is InChI=1S/C22H14ClF3N2O3S2/c1-11(19(29)27-15-10-12(22(24,25)26)6-7-13(15)23)31-21(30)18-9-8-17(32-18)20-28-14-4-2-3-5-16(14)33-20/h2-11H,1H3,(H,27,29)/t11-/m1/s1. The van der Waals surface area contributed by atoms with Gasteiger partial charge in [0.15, 0.2) is 6.10 Å². The van der Waals surface area contributed by atoms with E-state index in [1.807, 2.05) is 24.3 Å². The number of hydrogen-bond acceptors (Lipinski definition) is 6. The quantitative estimate of drug-likeness (QED) is 0.297. The lowest BCUT2D eigenvalue weighted by Gasteiger charge is -2.15. The lowest BCUT2D eigenvalue weighted by atomic mass is 10.2. The number of nitrogens with zero attached hydrogens (tertiary/aromatic N) is 1. The van der Waals surface area contributed by atoms with E-state index in [1.54, 1.807) is 12.1 Å². The molecule has 0 bridgehead atoms. The summed E-state index contributed by atoms with van der Waals surface area (Å²) in [5, 5.41) is 2.95. The molecular formula is C22H14ClF3N2O3S2. The normalized spacial score (nSPS) is 12.5. The van der Waals surface area contributed by atoms with E-state index in [1.165, 1.54) is 29.6 Å². The highest BCUT2D eigenvalue weighted by Gasteiger charge is 2.31. The molecule has 33 heavy (non-hydrogen) atoms. The molecule has 1 N–H and O–H groups in total. The number of aromatic nitrogens is 1. The van der Waals surface area contributed by atoms with Crippen molar-refractivity contribution in [2.45, 2.75) is 19.2 Å². The van der Waals surface area contributed by atoms with Gasteiger partial charge in [0.25, 0.3) is 5.91 Å². The van der Waals surface area contributed by atoms with E-state index < -0.39 is 29.7 Å². The second kappa shape index (κ2) is 9.12. The summed E-state index contributed by atoms with van der Waals surface area (Å²) < 4.78 is 44.9. The van der Waals surface area contributed by atoms with Crippen LogP contribution in [0.2, 0.25) is 5.02 Å². The van der Waals surface area contributed by atoms with Gasteiger partial charge in [0.05, 0.1) is 31.4 Å². The van der Waals surface area contributed by atoms with Crippen LogP contribution in [0.25, 0.3) is 20.1 Å². The summed E-state index contributed by atoms with van der Waals surface area (Å²) in [6.45, 7) is 1.32. The molecule has 1 atom stereocenters. The topological polar surface area (TPSA) is 68.3 Å². The van der Waals surface area contributed by atoms with Crippen molar-refractivity contribution in [2.75, 3.05) is 5.32 Å². The van der Waals surface area contributed by atoms with Gasteiger partial charge in [0, 0.05) is 0 Å². The number of ether oxygens (including phenoxy) is 1. The SMILES string of the molecule is C[C@@H](OC(=O)c1ccc(-c2nc3ccccc3s2)s1)C(=O)Nc1cc(C(F)(F)F)ccc1Cl. The number of carbonyl (C=O) groups excluding carboxylic acids is 2. The Morgan fingerprint density at radius 3 is 2.58 bits per heavy atom. The van der Waals surface area contributed by atoms with Gasteiger partial charge in [-0.2, -0.15) is 13.2 Å². The zero-order valence-electron chi connectivity index (χ0n) is 16.8. The van der Waals surface area contributed by atoms with Gasteiger partial charge in [-0.25, -0.2) is 9.78 Å². The average molecular weight is 511 g/mol. The predicted molar refractivity (Wildman–Crippen MR) is 123 cm³/mol. The average Bonchev–Trinajstić information content (AvgIpc) is 3.41. The minimum Gasteiger partial charge on any atom is -0.448 e. The first-order valence-electron chi connectivity index (χ1n) is 9.46. The van der Waals surface area contributed by atoms with Crippen LogP contribution in [-0.2, 0) is 15.7 Å². The maximum Gasteiger partial charge on any atom is 0.416 e. The fourth-order valence-electron chi connectivity index (χ4n) is 2.84. The molecule has 0 aliphatic carbocycles. The predicted octanol–water partition coefficient (Wildman–Crippen LogP) is 6.88. The van der Waals surface area contributed by atoms with E-state index in [-0.39, 0.29) is 15.6 Å². The fourth-order valence-corrected chi connectivity index (χ4v) is 4.92. The molecule has 2 heterocycles. The first kappa shape index (κ1) is 23.2. The molecule has 0 aliphatic heterocycles. The van der Waals surface area contributed by atoms with Crippen LogP contribution in [0.15, 0.2) is 54.6 Å². The Bertz CT molecular complexity index is 1320. The maximum atomic E-state index is 12.9. The number of esters is 1. The summed E-state index contributed by atoms with van der Waals surface area (Å²) in [6, 6.07) is 13.5. The zero-order chi connectivity index (χ0) is 23.8. The molecule has 2 aromatic carbocycles. The number of halogens is 4. The molecule has 0 radical (unpaired) electrons. The number of thiophene rings is 1. The number of para-hydroxylation sites is 1. The molecule has 0 saturated heterocycles. The van der Waals surface area contributed by atoms with Crippen molar-refractivity contribution in [2.24, 2.45) is 0 Å². The molecule has 2 aromatic heterocycles. The number of fused-ring (bicyclic) bond motifs is 1. The number of alkyl halides is 3. The van der Waals surface area contributed by atoms with Crippen molar-refractivity contribution < 1.29 is 27.5 Å². The molecule has 0 aliphatic rings. The molecule has 0 fully saturated rings. The van der Waals surface area contributed by atoms with Crippen LogP contribution < -0.4 is 5.32 Å². The van der Waals surface area contributed by atoms with Crippen molar-refractivity contribution in [3.8, 4) is 9.88 Å². The van der Waals surface area contributed by atoms with Crippen molar-refractivity contribution >= 4 is 62.1 Å². The Kier molecular flexibility index (Phi) is 6.42. The molecule has 0 unspecified atom stereocenters. The third kappa shape index (κ3) is 5.18. The number of amides is 1. The Hall–Kier alpha value is -2.95. The molecule has 0 saturated carbocycles. The van der Waals surface area contributed by atoms with Gasteiger partial charge in [0.2, 0.25) is 0 Å². The summed E-state index contributed by atoms with van der Waals surface area (Å²) >= 11 is 8.55. The third-order valence-electron chi connectivity index (χ3n) is 4.52. The summed E-state index contributed by atoms with van der Waals surface area (Å²) in [5.74, 6) is -1.54. The molecule has 0 spiro atoms. The first-order valence-corrected chi connectivity index (χ1v) is 11.5. The molecule has 5 nitrogen and oxygen atoms in total. The van der Waals surface area contributed by atoms with Crippen LogP contribution in [0.5, 0.6) is 0 Å². The number of carbonyl (C=O) groups is 2. The highest BCUT2D eigenvalue weighted by atomic mass is 35.5. The number of anilines is 1. The Morgan fingerprint density at radius 1 is 1.09 bits per heavy atom. The fraction of sp³-hybridized carbons (Fsp3) is 0.136. The van der Waals surface area contributed by atoms with Crippen molar-refractivity contribution in [1.29, 1.82) is 0 Å². The number of thiazole rings is 1. The van der Waals surface area contributed by atoms with E-state index in [0.717, 1.165) is 38.3 Å². The number of benzene rings is 2. The van der Waals surface area contributed by atoms with Crippen LogP contribution in [0.3, 0.4) is 0 Å². The monoisotopic (exact) mass is 510 g/mol. The minimum atomic E-state index is -4.59. The van der Waals surface area contributed by atoms with Crippen LogP contribution in [-0.4, -0.2) is 23.0 Å². The van der Waals surface area contributed by atoms with E-state index in [4.69, 9.17) is 16.3 Å². The lowest BCUT2D eigenvalue weighted by Crippen LogP contribution is -2.30. The van der Waals surface area contributed by atoms with Gasteiger partial charge >= 0.3 is 12.1 Å². The molecule has 11 heteroatoms. The van der Waals surface area contributed by atoms with E-state index in [0.29, 0.717) is 0 Å². The summed E-state index contributed by atoms with van der Waals surface area (Å²) in [4.78, 5) is 30.5. The van der Waals surface area contributed by atoms with E-state index in [2.05, 4.69) is 10.3 Å². The van der Waals surface area contributed by atoms with Gasteiger partial charge in [-0.1, -0.05) is 23.7 Å². The Labute approximate surface area is 198 Å². The second-order valence-electron chi connectivity index (χ2n) is 6.88. The molecule has 4 rings (SSSR count). The smallest absolute Gasteiger partial charge is 0.416 e. The number of nitrogens with one attached hydrogen (secondary N) is 1. The van der Waals surface area contributed by atoms with Crippen LogP contribution >= 0.6 is 34.3 Å². The molecule has 170 valence electrons. The van der Waals surface area contributed by atoms with Crippen LogP contribution in [0.4, 0.5) is 18.9 Å². The minimum absolute atomic E-state index is 0.0754. The molecule has 4 aromatic rings. The van der Waals surface area contributed by atoms with E-state index in [9.17, 15) is 22.8 Å². The Morgan fingerprint density at radius 2 is 1.85 bits per heavy atom. The van der Waals surface area contributed by atoms with Gasteiger partial charge in [-0.05, 0) is 49.4 Å². The zero-order valence-corrected chi connectivity index (χ0v) is 19.2. The highest BCUT2D eigenvalue weighted by Crippen LogP contribution is 2.35. The number of hydrogen-bond donors (Lipinski definition) is 1. The van der Waals surface area contributed by atoms with Crippen LogP contribution in [0, 0.1) is 0 Å². The summed E-state index contributed by atoms with van der Waals surface area (Å²) in [7, 11) is 0. The Balaban J connectivity index is 1.43. The molecular weight excluding hydrogens is 497 g/mol. The van der Waals surface area contributed by atoms with Crippen molar-refractivity contribution in [1.82, 2.24) is 4.98 Å². The lowest BCUT2D eigenvalue weighted by molar-refractivity contribution is -0.137. The van der Waals surface area contributed by atoms with Crippen LogP contribution in [0.1, 0.15) is 22.2 Å².